The number of benzene rings is 2. The van der Waals surface area contributed by atoms with E-state index >= 15 is 0 Å². The van der Waals surface area contributed by atoms with Crippen LogP contribution in [0.15, 0.2) is 54.7 Å². The van der Waals surface area contributed by atoms with Crippen molar-refractivity contribution >= 4 is 5.78 Å². The number of fused-ring (bicyclic) bond motifs is 1. The Hall–Kier alpha value is -3.35. The van der Waals surface area contributed by atoms with Gasteiger partial charge in [0.15, 0.2) is 5.82 Å². The van der Waals surface area contributed by atoms with Gasteiger partial charge in [0.2, 0.25) is 0 Å². The second kappa shape index (κ2) is 5.84. The van der Waals surface area contributed by atoms with E-state index in [0.717, 1.165) is 35.5 Å². The molecule has 27 heavy (non-hydrogen) atoms. The summed E-state index contributed by atoms with van der Waals surface area (Å²) < 4.78 is 20.2. The van der Waals surface area contributed by atoms with Crippen LogP contribution in [0.3, 0.4) is 0 Å². The molecule has 0 unspecified atom stereocenters. The van der Waals surface area contributed by atoms with Crippen molar-refractivity contribution in [3.05, 3.63) is 71.9 Å². The second-order valence-corrected chi connectivity index (χ2v) is 6.70. The first-order chi connectivity index (χ1) is 13.2. The number of ether oxygens (including phenoxy) is 1. The zero-order chi connectivity index (χ0) is 18.4. The molecule has 1 fully saturated rings. The number of rotatable bonds is 4. The first-order valence-corrected chi connectivity index (χ1v) is 8.69. The van der Waals surface area contributed by atoms with Gasteiger partial charge in [-0.25, -0.2) is 9.37 Å². The minimum Gasteiger partial charge on any atom is -0.497 e. The summed E-state index contributed by atoms with van der Waals surface area (Å²) in [7, 11) is 1.65. The zero-order valence-electron chi connectivity index (χ0n) is 14.6. The van der Waals surface area contributed by atoms with E-state index < -0.39 is 0 Å². The van der Waals surface area contributed by atoms with E-state index in [0.29, 0.717) is 11.5 Å². The first kappa shape index (κ1) is 15.9. The van der Waals surface area contributed by atoms with E-state index in [9.17, 15) is 4.39 Å². The summed E-state index contributed by atoms with van der Waals surface area (Å²) >= 11 is 0. The fourth-order valence-electron chi connectivity index (χ4n) is 3.42. The third kappa shape index (κ3) is 2.54. The van der Waals surface area contributed by atoms with Crippen LogP contribution in [0.25, 0.3) is 17.0 Å². The lowest BCUT2D eigenvalue weighted by Crippen LogP contribution is -2.15. The van der Waals surface area contributed by atoms with Crippen molar-refractivity contribution in [2.75, 3.05) is 7.11 Å². The maximum Gasteiger partial charge on any atom is 0.271 e. The first-order valence-electron chi connectivity index (χ1n) is 8.69. The molecule has 5 rings (SSSR count). The minimum atomic E-state index is -0.283. The van der Waals surface area contributed by atoms with Crippen LogP contribution in [-0.2, 0) is 5.41 Å². The number of methoxy groups -OCH3 is 1. The van der Waals surface area contributed by atoms with Crippen molar-refractivity contribution in [1.29, 1.82) is 0 Å². The van der Waals surface area contributed by atoms with Crippen LogP contribution in [-0.4, -0.2) is 31.9 Å². The van der Waals surface area contributed by atoms with E-state index in [4.69, 9.17) is 4.74 Å². The summed E-state index contributed by atoms with van der Waals surface area (Å²) in [6, 6.07) is 14.2. The Labute approximate surface area is 154 Å². The van der Waals surface area contributed by atoms with Crippen molar-refractivity contribution in [2.45, 2.75) is 18.3 Å². The standard InChI is InChI=1S/C20H16FN5O/c1-27-16-8-4-14(5-9-16)20(10-11-20)18-23-24-19-22-12-17(25-26(18)19)13-2-6-15(21)7-3-13/h2-9,12H,10-11H2,1H3. The average molecular weight is 361 g/mol. The maximum absolute atomic E-state index is 13.2. The lowest BCUT2D eigenvalue weighted by Gasteiger charge is -2.14. The molecule has 0 aliphatic heterocycles. The molecule has 0 saturated heterocycles. The average Bonchev–Trinajstić information content (AvgIpc) is 3.41. The van der Waals surface area contributed by atoms with E-state index in [2.05, 4.69) is 32.4 Å². The van der Waals surface area contributed by atoms with Gasteiger partial charge < -0.3 is 4.74 Å². The summed E-state index contributed by atoms with van der Waals surface area (Å²) in [5, 5.41) is 13.3. The fraction of sp³-hybridized carbons (Fsp3) is 0.200. The number of halogens is 1. The molecule has 2 aromatic heterocycles. The van der Waals surface area contributed by atoms with Crippen LogP contribution in [0.1, 0.15) is 24.2 Å². The Kier molecular flexibility index (Phi) is 3.43. The molecular formula is C20H16FN5O. The molecular weight excluding hydrogens is 345 g/mol. The van der Waals surface area contributed by atoms with Crippen LogP contribution >= 0.6 is 0 Å². The molecule has 2 aromatic carbocycles. The van der Waals surface area contributed by atoms with Gasteiger partial charge in [0.1, 0.15) is 17.3 Å². The number of nitrogens with zero attached hydrogens (tertiary/aromatic N) is 5. The van der Waals surface area contributed by atoms with E-state index in [1.165, 1.54) is 12.1 Å². The molecule has 0 radical (unpaired) electrons. The highest BCUT2D eigenvalue weighted by Gasteiger charge is 2.50. The molecule has 2 heterocycles. The predicted octanol–water partition coefficient (Wildman–Crippen LogP) is 3.41. The molecule has 0 atom stereocenters. The molecule has 0 N–H and O–H groups in total. The van der Waals surface area contributed by atoms with E-state index in [1.807, 2.05) is 12.1 Å². The fourth-order valence-corrected chi connectivity index (χ4v) is 3.42. The lowest BCUT2D eigenvalue weighted by molar-refractivity contribution is 0.414. The Morgan fingerprint density at radius 3 is 2.41 bits per heavy atom. The van der Waals surface area contributed by atoms with Crippen molar-refractivity contribution in [3.63, 3.8) is 0 Å². The molecule has 0 bridgehead atoms. The number of hydrogen-bond acceptors (Lipinski definition) is 5. The lowest BCUT2D eigenvalue weighted by atomic mass is 9.95. The van der Waals surface area contributed by atoms with Gasteiger partial charge in [-0.05, 0) is 54.8 Å². The highest BCUT2D eigenvalue weighted by atomic mass is 19.1. The van der Waals surface area contributed by atoms with Gasteiger partial charge in [0.25, 0.3) is 5.78 Å². The van der Waals surface area contributed by atoms with Crippen LogP contribution < -0.4 is 4.74 Å². The molecule has 4 aromatic rings. The monoisotopic (exact) mass is 361 g/mol. The topological polar surface area (TPSA) is 65.2 Å². The van der Waals surface area contributed by atoms with Crippen molar-refractivity contribution in [1.82, 2.24) is 24.8 Å². The quantitative estimate of drug-likeness (QED) is 0.557. The van der Waals surface area contributed by atoms with Crippen molar-refractivity contribution in [3.8, 4) is 17.0 Å². The largest absolute Gasteiger partial charge is 0.497 e. The SMILES string of the molecule is COc1ccc(C2(c3nnc4ncc(-c5ccc(F)cc5)nn34)CC2)cc1. The third-order valence-electron chi connectivity index (χ3n) is 5.09. The summed E-state index contributed by atoms with van der Waals surface area (Å²) in [5.74, 6) is 1.77. The van der Waals surface area contributed by atoms with Crippen LogP contribution in [0.4, 0.5) is 4.39 Å². The van der Waals surface area contributed by atoms with E-state index in [1.54, 1.807) is 30.0 Å². The molecule has 6 nitrogen and oxygen atoms in total. The van der Waals surface area contributed by atoms with Gasteiger partial charge in [-0.2, -0.15) is 9.61 Å². The van der Waals surface area contributed by atoms with E-state index in [-0.39, 0.29) is 11.2 Å². The Bertz CT molecular complexity index is 1120. The molecule has 134 valence electrons. The van der Waals surface area contributed by atoms with Gasteiger partial charge in [-0.15, -0.1) is 10.2 Å². The molecule has 0 spiro atoms. The number of hydrogen-bond donors (Lipinski definition) is 0. The van der Waals surface area contributed by atoms with Crippen LogP contribution in [0, 0.1) is 5.82 Å². The smallest absolute Gasteiger partial charge is 0.271 e. The Morgan fingerprint density at radius 1 is 1.00 bits per heavy atom. The highest BCUT2D eigenvalue weighted by molar-refractivity contribution is 5.58. The molecule has 1 aliphatic carbocycles. The number of aromatic nitrogens is 5. The second-order valence-electron chi connectivity index (χ2n) is 6.70. The Balaban J connectivity index is 1.60. The highest BCUT2D eigenvalue weighted by Crippen LogP contribution is 2.52. The van der Waals surface area contributed by atoms with Crippen LogP contribution in [0.2, 0.25) is 0 Å². The maximum atomic E-state index is 13.2. The van der Waals surface area contributed by atoms with Gasteiger partial charge in [0.05, 0.1) is 18.7 Å². The summed E-state index contributed by atoms with van der Waals surface area (Å²) in [6.07, 6.45) is 3.58. The van der Waals surface area contributed by atoms with Gasteiger partial charge in [-0.1, -0.05) is 12.1 Å². The van der Waals surface area contributed by atoms with Crippen molar-refractivity contribution < 1.29 is 9.13 Å². The minimum absolute atomic E-state index is 0.207. The van der Waals surface area contributed by atoms with Gasteiger partial charge in [-0.3, -0.25) is 0 Å². The zero-order valence-corrected chi connectivity index (χ0v) is 14.6. The predicted molar refractivity (Wildman–Crippen MR) is 97.0 cm³/mol. The third-order valence-corrected chi connectivity index (χ3v) is 5.09. The molecule has 1 aliphatic rings. The summed E-state index contributed by atoms with van der Waals surface area (Å²) in [4.78, 5) is 4.38. The van der Waals surface area contributed by atoms with Crippen LogP contribution in [0.5, 0.6) is 5.75 Å². The molecule has 7 heteroatoms. The normalized spacial score (nSPS) is 15.0. The summed E-state index contributed by atoms with van der Waals surface area (Å²) in [6.45, 7) is 0. The Morgan fingerprint density at radius 2 is 1.74 bits per heavy atom. The van der Waals surface area contributed by atoms with Gasteiger partial charge >= 0.3 is 0 Å². The molecule has 0 amide bonds. The van der Waals surface area contributed by atoms with Crippen molar-refractivity contribution in [2.24, 2.45) is 0 Å². The van der Waals surface area contributed by atoms with Gasteiger partial charge in [0, 0.05) is 5.56 Å². The summed E-state index contributed by atoms with van der Waals surface area (Å²) in [5.41, 5.74) is 2.39. The molecule has 1 saturated carbocycles.